The van der Waals surface area contributed by atoms with Gasteiger partial charge in [-0.3, -0.25) is 4.79 Å². The van der Waals surface area contributed by atoms with Crippen LogP contribution >= 0.6 is 0 Å². The smallest absolute Gasteiger partial charge is 0.345 e. The average Bonchev–Trinajstić information content (AvgIpc) is 3.00. The molecule has 4 aromatic rings. The summed E-state index contributed by atoms with van der Waals surface area (Å²) in [5.74, 6) is -0.422. The molecule has 6 heteroatoms. The number of rotatable bonds is 0. The first-order valence-electron chi connectivity index (χ1n) is 9.72. The van der Waals surface area contributed by atoms with E-state index in [0.717, 1.165) is 10.9 Å². The molecule has 2 N–H and O–H groups in total. The van der Waals surface area contributed by atoms with Crippen LogP contribution in [0.1, 0.15) is 27.0 Å². The van der Waals surface area contributed by atoms with Crippen LogP contribution in [0.3, 0.4) is 0 Å². The Kier molecular flexibility index (Phi) is 3.17. The molecule has 6 rings (SSSR count). The number of benzene rings is 3. The Balaban J connectivity index is 1.88. The van der Waals surface area contributed by atoms with Crippen LogP contribution in [0.5, 0.6) is 5.75 Å². The Hall–Kier alpha value is -4.37. The molecule has 0 amide bonds. The van der Waals surface area contributed by atoms with E-state index >= 15 is 0 Å². The van der Waals surface area contributed by atoms with Gasteiger partial charge < -0.3 is 14.9 Å². The van der Waals surface area contributed by atoms with Crippen LogP contribution in [0.15, 0.2) is 75.3 Å². The summed E-state index contributed by atoms with van der Waals surface area (Å²) < 4.78 is 11.5. The van der Waals surface area contributed by atoms with Crippen molar-refractivity contribution in [2.45, 2.75) is 12.3 Å². The Bertz CT molecular complexity index is 1630. The molecule has 1 atom stereocenters. The summed E-state index contributed by atoms with van der Waals surface area (Å²) in [6.45, 7) is 1.81. The quantitative estimate of drug-likeness (QED) is 0.445. The minimum atomic E-state index is -1.71. The van der Waals surface area contributed by atoms with Crippen molar-refractivity contribution in [3.63, 3.8) is 0 Å². The van der Waals surface area contributed by atoms with E-state index in [1.54, 1.807) is 36.4 Å². The van der Waals surface area contributed by atoms with E-state index in [1.165, 1.54) is 0 Å². The highest BCUT2D eigenvalue weighted by atomic mass is 16.5. The summed E-state index contributed by atoms with van der Waals surface area (Å²) in [5.41, 5.74) is 5.73. The van der Waals surface area contributed by atoms with Gasteiger partial charge in [0.05, 0.1) is 5.39 Å². The predicted octanol–water partition coefficient (Wildman–Crippen LogP) is 3.82. The molecule has 3 aromatic carbocycles. The Morgan fingerprint density at radius 2 is 1.77 bits per heavy atom. The maximum Gasteiger partial charge on any atom is 0.345 e. The van der Waals surface area contributed by atoms with Crippen LogP contribution in [0.25, 0.3) is 21.7 Å². The Morgan fingerprint density at radius 1 is 1.03 bits per heavy atom. The second-order valence-electron chi connectivity index (χ2n) is 7.79. The fourth-order valence-electron chi connectivity index (χ4n) is 5.04. The van der Waals surface area contributed by atoms with Gasteiger partial charge in [0.1, 0.15) is 28.2 Å². The third kappa shape index (κ3) is 1.86. The number of carbonyl (C=O) groups excluding carboxylic acids is 1. The number of Topliss-reactive ketones (excluding diaryl/α,β-unsaturated/α-hetero) is 1. The number of ether oxygens (including phenoxy) is 1. The molecular formula is C25H14N2O4. The molecule has 0 saturated heterocycles. The largest absolute Gasteiger partial charge is 0.439 e. The Labute approximate surface area is 175 Å². The van der Waals surface area contributed by atoms with E-state index in [-0.39, 0.29) is 28.6 Å². The molecule has 31 heavy (non-hydrogen) atoms. The Morgan fingerprint density at radius 3 is 2.55 bits per heavy atom. The predicted molar refractivity (Wildman–Crippen MR) is 114 cm³/mol. The topological polar surface area (TPSA) is 106 Å². The second kappa shape index (κ2) is 5.61. The summed E-state index contributed by atoms with van der Waals surface area (Å²) in [6.07, 6.45) is 0. The fraction of sp³-hybridized carbons (Fsp3) is 0.0800. The molecular weight excluding hydrogens is 392 g/mol. The van der Waals surface area contributed by atoms with E-state index in [2.05, 4.69) is 6.07 Å². The van der Waals surface area contributed by atoms with E-state index in [9.17, 15) is 14.9 Å². The minimum absolute atomic E-state index is 0.00921. The van der Waals surface area contributed by atoms with E-state index < -0.39 is 11.0 Å². The lowest BCUT2D eigenvalue weighted by Crippen LogP contribution is -2.44. The van der Waals surface area contributed by atoms with Crippen molar-refractivity contribution in [1.29, 1.82) is 5.26 Å². The van der Waals surface area contributed by atoms with Crippen molar-refractivity contribution in [2.24, 2.45) is 5.73 Å². The van der Waals surface area contributed by atoms with Crippen molar-refractivity contribution in [1.82, 2.24) is 0 Å². The van der Waals surface area contributed by atoms with Gasteiger partial charge in [-0.15, -0.1) is 0 Å². The molecule has 0 bridgehead atoms. The highest BCUT2D eigenvalue weighted by molar-refractivity contribution is 6.24. The molecule has 0 radical (unpaired) electrons. The molecule has 2 heterocycles. The van der Waals surface area contributed by atoms with Gasteiger partial charge >= 0.3 is 5.63 Å². The van der Waals surface area contributed by atoms with Gasteiger partial charge in [-0.05, 0) is 34.9 Å². The van der Waals surface area contributed by atoms with Crippen LogP contribution in [-0.2, 0) is 5.41 Å². The summed E-state index contributed by atoms with van der Waals surface area (Å²) in [5, 5.41) is 12.1. The lowest BCUT2D eigenvalue weighted by Gasteiger charge is -2.34. The zero-order chi connectivity index (χ0) is 21.5. The lowest BCUT2D eigenvalue weighted by molar-refractivity contribution is 0.0934. The van der Waals surface area contributed by atoms with Gasteiger partial charge in [0.15, 0.2) is 11.5 Å². The van der Waals surface area contributed by atoms with Crippen LogP contribution in [0.2, 0.25) is 0 Å². The summed E-state index contributed by atoms with van der Waals surface area (Å²) >= 11 is 0. The van der Waals surface area contributed by atoms with Gasteiger partial charge in [-0.1, -0.05) is 48.5 Å². The molecule has 1 aliphatic heterocycles. The van der Waals surface area contributed by atoms with E-state index in [1.807, 2.05) is 25.1 Å². The van der Waals surface area contributed by atoms with Crippen molar-refractivity contribution < 1.29 is 13.9 Å². The number of ketones is 1. The number of fused-ring (bicyclic) bond motifs is 5. The van der Waals surface area contributed by atoms with Gasteiger partial charge in [0.2, 0.25) is 5.88 Å². The molecule has 0 saturated carbocycles. The number of aryl methyl sites for hydroxylation is 1. The lowest BCUT2D eigenvalue weighted by atomic mass is 9.67. The van der Waals surface area contributed by atoms with Crippen molar-refractivity contribution in [3.8, 4) is 11.8 Å². The number of para-hydroxylation sites is 1. The number of nitrogens with zero attached hydrogens (tertiary/aromatic N) is 1. The molecule has 1 aromatic heterocycles. The van der Waals surface area contributed by atoms with E-state index in [0.29, 0.717) is 27.5 Å². The highest BCUT2D eigenvalue weighted by Crippen LogP contribution is 2.55. The summed E-state index contributed by atoms with van der Waals surface area (Å²) in [6, 6.07) is 18.2. The standard InChI is InChI=1S/C25H14N2O4/c1-12-5-2-9-15-20(12)31-24(29)19-21(15)30-23(27)17(11-26)25(19)16-10-4-7-13-6-3-8-14(18(13)16)22(25)28/h2-10H,27H2,1H3. The first-order valence-corrected chi connectivity index (χ1v) is 9.72. The van der Waals surface area contributed by atoms with Gasteiger partial charge in [-0.2, -0.15) is 5.26 Å². The van der Waals surface area contributed by atoms with E-state index in [4.69, 9.17) is 14.9 Å². The molecule has 1 unspecified atom stereocenters. The minimum Gasteiger partial charge on any atom is -0.439 e. The maximum absolute atomic E-state index is 14.0. The second-order valence-corrected chi connectivity index (χ2v) is 7.79. The number of carbonyl (C=O) groups is 1. The third-order valence-corrected chi connectivity index (χ3v) is 6.30. The number of hydrogen-bond donors (Lipinski definition) is 1. The zero-order valence-electron chi connectivity index (χ0n) is 16.4. The first-order chi connectivity index (χ1) is 15.0. The fourth-order valence-corrected chi connectivity index (χ4v) is 5.04. The number of hydrogen-bond acceptors (Lipinski definition) is 6. The molecule has 1 spiro atoms. The maximum atomic E-state index is 14.0. The SMILES string of the molecule is Cc1cccc2c3c(c(=O)oc12)C1(C(=O)c2cccc4cccc1c24)C(C#N)=C(N)O3. The molecule has 2 aliphatic rings. The third-order valence-electron chi connectivity index (χ3n) is 6.30. The zero-order valence-corrected chi connectivity index (χ0v) is 16.4. The summed E-state index contributed by atoms with van der Waals surface area (Å²) in [7, 11) is 0. The molecule has 6 nitrogen and oxygen atoms in total. The normalized spacial score (nSPS) is 19.0. The van der Waals surface area contributed by atoms with Gasteiger partial charge in [0.25, 0.3) is 0 Å². The monoisotopic (exact) mass is 406 g/mol. The van der Waals surface area contributed by atoms with Crippen molar-refractivity contribution in [3.05, 3.63) is 98.7 Å². The number of nitrogens with two attached hydrogens (primary N) is 1. The van der Waals surface area contributed by atoms with Crippen LogP contribution in [0.4, 0.5) is 0 Å². The van der Waals surface area contributed by atoms with Crippen LogP contribution in [-0.4, -0.2) is 5.78 Å². The van der Waals surface area contributed by atoms with Gasteiger partial charge in [0, 0.05) is 5.56 Å². The summed E-state index contributed by atoms with van der Waals surface area (Å²) in [4.78, 5) is 27.4. The first kappa shape index (κ1) is 17.5. The molecule has 0 fully saturated rings. The molecule has 1 aliphatic carbocycles. The number of allylic oxidation sites excluding steroid dienone is 1. The molecule has 148 valence electrons. The van der Waals surface area contributed by atoms with Crippen molar-refractivity contribution in [2.75, 3.05) is 0 Å². The van der Waals surface area contributed by atoms with Gasteiger partial charge in [-0.25, -0.2) is 4.79 Å². The average molecular weight is 406 g/mol. The van der Waals surface area contributed by atoms with Crippen molar-refractivity contribution >= 4 is 27.5 Å². The highest BCUT2D eigenvalue weighted by Gasteiger charge is 2.58. The van der Waals surface area contributed by atoms with Crippen LogP contribution in [0, 0.1) is 18.3 Å². The number of nitriles is 1. The van der Waals surface area contributed by atoms with Crippen LogP contribution < -0.4 is 16.1 Å².